The van der Waals surface area contributed by atoms with Crippen LogP contribution in [0.25, 0.3) is 0 Å². The first kappa shape index (κ1) is 13.0. The summed E-state index contributed by atoms with van der Waals surface area (Å²) in [7, 11) is 0. The van der Waals surface area contributed by atoms with Gasteiger partial charge in [0.15, 0.2) is 0 Å². The fourth-order valence-electron chi connectivity index (χ4n) is 1.73. The first-order chi connectivity index (χ1) is 7.56. The Bertz CT molecular complexity index is 350. The third-order valence-corrected chi connectivity index (χ3v) is 2.76. The Morgan fingerprint density at radius 2 is 2.12 bits per heavy atom. The summed E-state index contributed by atoms with van der Waals surface area (Å²) in [5, 5.41) is 7.99. The van der Waals surface area contributed by atoms with E-state index in [0.29, 0.717) is 6.04 Å². The van der Waals surface area contributed by atoms with Gasteiger partial charge in [-0.25, -0.2) is 0 Å². The molecule has 0 radical (unpaired) electrons. The summed E-state index contributed by atoms with van der Waals surface area (Å²) in [5.74, 6) is 0. The van der Waals surface area contributed by atoms with Crippen LogP contribution in [0, 0.1) is 13.8 Å². The van der Waals surface area contributed by atoms with Crippen molar-refractivity contribution in [1.82, 2.24) is 15.1 Å². The van der Waals surface area contributed by atoms with Gasteiger partial charge in [-0.15, -0.1) is 6.58 Å². The van der Waals surface area contributed by atoms with Gasteiger partial charge in [-0.3, -0.25) is 4.68 Å². The Morgan fingerprint density at radius 3 is 2.69 bits per heavy atom. The van der Waals surface area contributed by atoms with Crippen molar-refractivity contribution < 1.29 is 0 Å². The lowest BCUT2D eigenvalue weighted by Crippen LogP contribution is -2.22. The number of aryl methyl sites for hydroxylation is 2. The average molecular weight is 221 g/mol. The molecule has 16 heavy (non-hydrogen) atoms. The van der Waals surface area contributed by atoms with Gasteiger partial charge in [0.2, 0.25) is 0 Å². The van der Waals surface area contributed by atoms with Crippen molar-refractivity contribution in [2.45, 2.75) is 53.2 Å². The van der Waals surface area contributed by atoms with Crippen LogP contribution >= 0.6 is 0 Å². The van der Waals surface area contributed by atoms with E-state index in [1.54, 1.807) is 0 Å². The minimum Gasteiger partial charge on any atom is -0.310 e. The summed E-state index contributed by atoms with van der Waals surface area (Å²) in [5.41, 5.74) is 3.74. The average Bonchev–Trinajstić information content (AvgIpc) is 2.48. The topological polar surface area (TPSA) is 29.9 Å². The van der Waals surface area contributed by atoms with Gasteiger partial charge in [0.05, 0.1) is 5.69 Å². The van der Waals surface area contributed by atoms with Crippen LogP contribution in [-0.4, -0.2) is 15.8 Å². The molecule has 0 aliphatic rings. The van der Waals surface area contributed by atoms with Gasteiger partial charge in [0.1, 0.15) is 0 Å². The van der Waals surface area contributed by atoms with E-state index < -0.39 is 0 Å². The molecule has 0 unspecified atom stereocenters. The van der Waals surface area contributed by atoms with Gasteiger partial charge in [-0.2, -0.15) is 5.10 Å². The SMILES string of the molecule is C=CCCn1nc(C)c(CNC(C)C)c1C. The predicted molar refractivity (Wildman–Crippen MR) is 68.5 cm³/mol. The maximum Gasteiger partial charge on any atom is 0.0641 e. The molecule has 0 aliphatic carbocycles. The molecule has 1 rings (SSSR count). The van der Waals surface area contributed by atoms with Crippen LogP contribution in [0.5, 0.6) is 0 Å². The van der Waals surface area contributed by atoms with Crippen LogP contribution in [0.2, 0.25) is 0 Å². The van der Waals surface area contributed by atoms with E-state index in [0.717, 1.165) is 25.2 Å². The lowest BCUT2D eigenvalue weighted by Gasteiger charge is -2.08. The highest BCUT2D eigenvalue weighted by Gasteiger charge is 2.10. The molecule has 90 valence electrons. The van der Waals surface area contributed by atoms with Crippen molar-refractivity contribution in [3.8, 4) is 0 Å². The molecule has 0 saturated heterocycles. The van der Waals surface area contributed by atoms with Gasteiger partial charge >= 0.3 is 0 Å². The molecule has 0 aromatic carbocycles. The molecular formula is C13H23N3. The van der Waals surface area contributed by atoms with E-state index in [4.69, 9.17) is 0 Å². The van der Waals surface area contributed by atoms with Crippen LogP contribution < -0.4 is 5.32 Å². The Hall–Kier alpha value is -1.09. The minimum absolute atomic E-state index is 0.510. The van der Waals surface area contributed by atoms with Crippen molar-refractivity contribution >= 4 is 0 Å². The highest BCUT2D eigenvalue weighted by atomic mass is 15.3. The summed E-state index contributed by atoms with van der Waals surface area (Å²) < 4.78 is 2.08. The molecule has 1 heterocycles. The van der Waals surface area contributed by atoms with E-state index in [1.165, 1.54) is 11.3 Å². The number of rotatable bonds is 6. The standard InChI is InChI=1S/C13H23N3/c1-6-7-8-16-12(5)13(11(4)15-16)9-14-10(2)3/h6,10,14H,1,7-9H2,2-5H3. The second kappa shape index (κ2) is 5.85. The summed E-state index contributed by atoms with van der Waals surface area (Å²) >= 11 is 0. The lowest BCUT2D eigenvalue weighted by atomic mass is 10.2. The number of hydrogen-bond acceptors (Lipinski definition) is 2. The fraction of sp³-hybridized carbons (Fsp3) is 0.615. The maximum atomic E-state index is 4.55. The third kappa shape index (κ3) is 3.20. The second-order valence-corrected chi connectivity index (χ2v) is 4.49. The zero-order valence-corrected chi connectivity index (χ0v) is 10.9. The summed E-state index contributed by atoms with van der Waals surface area (Å²) in [6, 6.07) is 0.510. The van der Waals surface area contributed by atoms with Gasteiger partial charge in [-0.1, -0.05) is 19.9 Å². The van der Waals surface area contributed by atoms with Gasteiger partial charge in [0.25, 0.3) is 0 Å². The van der Waals surface area contributed by atoms with E-state index >= 15 is 0 Å². The lowest BCUT2D eigenvalue weighted by molar-refractivity contribution is 0.580. The number of nitrogens with one attached hydrogen (secondary N) is 1. The molecular weight excluding hydrogens is 198 g/mol. The zero-order chi connectivity index (χ0) is 12.1. The van der Waals surface area contributed by atoms with Crippen molar-refractivity contribution in [3.05, 3.63) is 29.6 Å². The highest BCUT2D eigenvalue weighted by Crippen LogP contribution is 2.13. The summed E-state index contributed by atoms with van der Waals surface area (Å²) in [6.45, 7) is 14.1. The van der Waals surface area contributed by atoms with Gasteiger partial charge in [0, 0.05) is 30.4 Å². The molecule has 0 amide bonds. The minimum atomic E-state index is 0.510. The van der Waals surface area contributed by atoms with E-state index in [9.17, 15) is 0 Å². The van der Waals surface area contributed by atoms with Crippen LogP contribution in [0.4, 0.5) is 0 Å². The molecule has 0 spiro atoms. The monoisotopic (exact) mass is 221 g/mol. The third-order valence-electron chi connectivity index (χ3n) is 2.76. The molecule has 0 saturated carbocycles. The number of hydrogen-bond donors (Lipinski definition) is 1. The maximum absolute atomic E-state index is 4.55. The number of allylic oxidation sites excluding steroid dienone is 1. The summed E-state index contributed by atoms with van der Waals surface area (Å²) in [4.78, 5) is 0. The normalized spacial score (nSPS) is 11.1. The molecule has 0 atom stereocenters. The van der Waals surface area contributed by atoms with E-state index in [-0.39, 0.29) is 0 Å². The Labute approximate surface area is 98.5 Å². The van der Waals surface area contributed by atoms with Crippen molar-refractivity contribution in [3.63, 3.8) is 0 Å². The molecule has 3 nitrogen and oxygen atoms in total. The molecule has 1 aromatic rings. The quantitative estimate of drug-likeness (QED) is 0.748. The smallest absolute Gasteiger partial charge is 0.0641 e. The first-order valence-corrected chi connectivity index (χ1v) is 5.93. The molecule has 1 N–H and O–H groups in total. The van der Waals surface area contributed by atoms with Crippen LogP contribution in [-0.2, 0) is 13.1 Å². The molecule has 0 bridgehead atoms. The fourth-order valence-corrected chi connectivity index (χ4v) is 1.73. The van der Waals surface area contributed by atoms with E-state index in [1.807, 2.05) is 6.08 Å². The van der Waals surface area contributed by atoms with Crippen LogP contribution in [0.1, 0.15) is 37.2 Å². The number of aromatic nitrogens is 2. The number of nitrogens with zero attached hydrogens (tertiary/aromatic N) is 2. The zero-order valence-electron chi connectivity index (χ0n) is 10.9. The second-order valence-electron chi connectivity index (χ2n) is 4.49. The first-order valence-electron chi connectivity index (χ1n) is 5.93. The van der Waals surface area contributed by atoms with Crippen molar-refractivity contribution in [1.29, 1.82) is 0 Å². The molecule has 1 aromatic heterocycles. The van der Waals surface area contributed by atoms with E-state index in [2.05, 4.69) is 49.4 Å². The van der Waals surface area contributed by atoms with Gasteiger partial charge in [-0.05, 0) is 20.3 Å². The van der Waals surface area contributed by atoms with Gasteiger partial charge < -0.3 is 5.32 Å². The summed E-state index contributed by atoms with van der Waals surface area (Å²) in [6.07, 6.45) is 2.90. The van der Waals surface area contributed by atoms with Crippen LogP contribution in [0.15, 0.2) is 12.7 Å². The molecule has 0 aliphatic heterocycles. The van der Waals surface area contributed by atoms with Crippen molar-refractivity contribution in [2.75, 3.05) is 0 Å². The highest BCUT2D eigenvalue weighted by molar-refractivity contribution is 5.24. The Morgan fingerprint density at radius 1 is 1.44 bits per heavy atom. The Kier molecular flexibility index (Phi) is 4.74. The van der Waals surface area contributed by atoms with Crippen molar-refractivity contribution in [2.24, 2.45) is 0 Å². The predicted octanol–water partition coefficient (Wildman–Crippen LogP) is 2.57. The molecule has 0 fully saturated rings. The van der Waals surface area contributed by atoms with Crippen LogP contribution in [0.3, 0.4) is 0 Å². The molecule has 3 heteroatoms. The largest absolute Gasteiger partial charge is 0.310 e. The Balaban J connectivity index is 2.76.